The van der Waals surface area contributed by atoms with Gasteiger partial charge in [0.25, 0.3) is 0 Å². The number of ether oxygens (including phenoxy) is 4. The lowest BCUT2D eigenvalue weighted by molar-refractivity contribution is -0.161. The Morgan fingerprint density at radius 2 is 0.607 bits per heavy atom. The summed E-state index contributed by atoms with van der Waals surface area (Å²) >= 11 is 0. The van der Waals surface area contributed by atoms with Crippen molar-refractivity contribution in [3.05, 3.63) is 0 Å². The standard InChI is InChI=1S/C65H126O17P2/c1-7-10-12-33-41-47-62(67)75-53-60(81-64(69)49-43-34-13-11-8-2)55-79-83(71,72)77-51-59(66)52-78-84(73,74)80-56-61(54-76-63(68)48-42-37-31-27-23-20-16-17-21-25-29-35-39-45-57(4)5)82-65(70)50-44-38-32-28-24-19-15-14-18-22-26-30-36-40-46-58(6)9-3/h57-61,66H,7-56H2,1-6H3,(H,71,72)(H,73,74)/t58?,59-,60+,61+/m0/s1. The molecule has 19 heteroatoms. The van der Waals surface area contributed by atoms with Crippen LogP contribution in [0.2, 0.25) is 0 Å². The van der Waals surface area contributed by atoms with Crippen molar-refractivity contribution in [3.8, 4) is 0 Å². The molecule has 0 aliphatic rings. The summed E-state index contributed by atoms with van der Waals surface area (Å²) in [4.78, 5) is 71.7. The highest BCUT2D eigenvalue weighted by Crippen LogP contribution is 2.45. The van der Waals surface area contributed by atoms with Gasteiger partial charge in [0.1, 0.15) is 19.3 Å². The molecule has 0 spiro atoms. The molecule has 0 radical (unpaired) electrons. The average molecular weight is 1240 g/mol. The molecular formula is C65H126O17P2. The van der Waals surface area contributed by atoms with Crippen molar-refractivity contribution in [2.24, 2.45) is 11.8 Å². The van der Waals surface area contributed by atoms with Crippen molar-refractivity contribution in [3.63, 3.8) is 0 Å². The minimum absolute atomic E-state index is 0.0987. The van der Waals surface area contributed by atoms with Crippen LogP contribution >= 0.6 is 15.6 Å². The fourth-order valence-electron chi connectivity index (χ4n) is 9.68. The van der Waals surface area contributed by atoms with Crippen molar-refractivity contribution in [2.45, 2.75) is 342 Å². The van der Waals surface area contributed by atoms with Crippen molar-refractivity contribution < 1.29 is 80.2 Å². The van der Waals surface area contributed by atoms with Gasteiger partial charge in [-0.1, -0.05) is 273 Å². The predicted molar refractivity (Wildman–Crippen MR) is 335 cm³/mol. The number of rotatable bonds is 64. The van der Waals surface area contributed by atoms with Crippen LogP contribution in [0.5, 0.6) is 0 Å². The second kappa shape index (κ2) is 57.5. The molecule has 3 N–H and O–H groups in total. The monoisotopic (exact) mass is 1240 g/mol. The third-order valence-electron chi connectivity index (χ3n) is 15.3. The van der Waals surface area contributed by atoms with Gasteiger partial charge < -0.3 is 33.8 Å². The zero-order valence-electron chi connectivity index (χ0n) is 54.2. The van der Waals surface area contributed by atoms with Gasteiger partial charge in [0.15, 0.2) is 12.2 Å². The van der Waals surface area contributed by atoms with Crippen molar-refractivity contribution >= 4 is 39.5 Å². The Balaban J connectivity index is 5.09. The van der Waals surface area contributed by atoms with Gasteiger partial charge in [0.05, 0.1) is 26.4 Å². The predicted octanol–water partition coefficient (Wildman–Crippen LogP) is 18.0. The Morgan fingerprint density at radius 3 is 0.905 bits per heavy atom. The highest BCUT2D eigenvalue weighted by molar-refractivity contribution is 7.47. The lowest BCUT2D eigenvalue weighted by atomic mass is 9.99. The summed E-state index contributed by atoms with van der Waals surface area (Å²) in [5.41, 5.74) is 0. The number of carbonyl (C=O) groups excluding carboxylic acids is 4. The molecule has 0 aromatic carbocycles. The number of hydrogen-bond acceptors (Lipinski definition) is 15. The summed E-state index contributed by atoms with van der Waals surface area (Å²) in [7, 11) is -9.87. The van der Waals surface area contributed by atoms with E-state index in [4.69, 9.17) is 37.0 Å². The van der Waals surface area contributed by atoms with E-state index >= 15 is 0 Å². The lowest BCUT2D eigenvalue weighted by Crippen LogP contribution is -2.30. The first-order valence-corrected chi connectivity index (χ1v) is 37.0. The lowest BCUT2D eigenvalue weighted by Gasteiger charge is -2.21. The minimum Gasteiger partial charge on any atom is -0.462 e. The Morgan fingerprint density at radius 1 is 0.345 bits per heavy atom. The van der Waals surface area contributed by atoms with E-state index in [9.17, 15) is 43.2 Å². The highest BCUT2D eigenvalue weighted by atomic mass is 31.2. The summed E-state index contributed by atoms with van der Waals surface area (Å²) in [6, 6.07) is 0. The smallest absolute Gasteiger partial charge is 0.462 e. The van der Waals surface area contributed by atoms with Crippen LogP contribution in [0.25, 0.3) is 0 Å². The van der Waals surface area contributed by atoms with E-state index < -0.39 is 97.5 Å². The number of phosphoric ester groups is 2. The first-order valence-electron chi connectivity index (χ1n) is 34.0. The van der Waals surface area contributed by atoms with E-state index in [1.54, 1.807) is 0 Å². The summed E-state index contributed by atoms with van der Waals surface area (Å²) < 4.78 is 67.6. The third kappa shape index (κ3) is 57.8. The van der Waals surface area contributed by atoms with Gasteiger partial charge in [-0.3, -0.25) is 37.3 Å². The zero-order valence-corrected chi connectivity index (χ0v) is 56.0. The van der Waals surface area contributed by atoms with E-state index in [0.717, 1.165) is 108 Å². The van der Waals surface area contributed by atoms with Crippen molar-refractivity contribution in [1.82, 2.24) is 0 Å². The Hall–Kier alpha value is -1.94. The topological polar surface area (TPSA) is 237 Å². The molecule has 0 amide bonds. The fraction of sp³-hybridized carbons (Fsp3) is 0.938. The number of unbranched alkanes of at least 4 members (excludes halogenated alkanes) is 33. The molecule has 84 heavy (non-hydrogen) atoms. The molecule has 0 saturated heterocycles. The number of carbonyl (C=O) groups is 4. The normalized spacial score (nSPS) is 14.6. The van der Waals surface area contributed by atoms with Crippen LogP contribution in [0.1, 0.15) is 324 Å². The molecule has 17 nitrogen and oxygen atoms in total. The maximum Gasteiger partial charge on any atom is 0.472 e. The second-order valence-electron chi connectivity index (χ2n) is 24.2. The van der Waals surface area contributed by atoms with Crippen LogP contribution < -0.4 is 0 Å². The summed E-state index contributed by atoms with van der Waals surface area (Å²) in [6.07, 6.45) is 41.1. The molecule has 6 atom stereocenters. The number of phosphoric acid groups is 2. The minimum atomic E-state index is -4.94. The third-order valence-corrected chi connectivity index (χ3v) is 17.2. The first kappa shape index (κ1) is 82.1. The van der Waals surface area contributed by atoms with Gasteiger partial charge in [-0.25, -0.2) is 9.13 Å². The van der Waals surface area contributed by atoms with Crippen LogP contribution in [0.4, 0.5) is 0 Å². The van der Waals surface area contributed by atoms with Crippen molar-refractivity contribution in [2.75, 3.05) is 39.6 Å². The summed E-state index contributed by atoms with van der Waals surface area (Å²) in [6.45, 7) is 9.39. The Bertz CT molecular complexity index is 1650. The number of aliphatic hydroxyl groups is 1. The van der Waals surface area contributed by atoms with Crippen LogP contribution in [0.15, 0.2) is 0 Å². The van der Waals surface area contributed by atoms with E-state index in [0.29, 0.717) is 25.7 Å². The molecule has 0 fully saturated rings. The fourth-order valence-corrected chi connectivity index (χ4v) is 11.3. The maximum atomic E-state index is 13.0. The van der Waals surface area contributed by atoms with Crippen LogP contribution in [-0.2, 0) is 65.4 Å². The van der Waals surface area contributed by atoms with Gasteiger partial charge in [0, 0.05) is 25.7 Å². The molecule has 0 aromatic rings. The van der Waals surface area contributed by atoms with Crippen LogP contribution in [0.3, 0.4) is 0 Å². The molecule has 0 rings (SSSR count). The number of esters is 4. The summed E-state index contributed by atoms with van der Waals surface area (Å²) in [5.74, 6) is -0.517. The number of aliphatic hydroxyl groups excluding tert-OH is 1. The van der Waals surface area contributed by atoms with Crippen molar-refractivity contribution in [1.29, 1.82) is 0 Å². The molecule has 0 aromatic heterocycles. The quantitative estimate of drug-likeness (QED) is 0.0222. The molecule has 0 heterocycles. The maximum absolute atomic E-state index is 13.0. The highest BCUT2D eigenvalue weighted by Gasteiger charge is 2.30. The molecule has 0 aliphatic heterocycles. The van der Waals surface area contributed by atoms with Crippen LogP contribution in [0, 0.1) is 11.8 Å². The summed E-state index contributed by atoms with van der Waals surface area (Å²) in [5, 5.41) is 10.5. The molecule has 0 saturated carbocycles. The molecule has 3 unspecified atom stereocenters. The second-order valence-corrected chi connectivity index (χ2v) is 27.1. The number of hydrogen-bond donors (Lipinski definition) is 3. The SMILES string of the molecule is CCCCCCCC(=O)OC[C@H](COP(=O)(O)OC[C@H](O)COP(=O)(O)OC[C@@H](COC(=O)CCCCCCCCCCCCCCCC(C)C)OC(=O)CCCCCCCCCCCCCCCCC(C)CC)OC(=O)CCCCCCC. The van der Waals surface area contributed by atoms with Gasteiger partial charge in [-0.2, -0.15) is 0 Å². The molecular weight excluding hydrogens is 1110 g/mol. The van der Waals surface area contributed by atoms with Gasteiger partial charge in [-0.15, -0.1) is 0 Å². The van der Waals surface area contributed by atoms with Gasteiger partial charge in [0.2, 0.25) is 0 Å². The van der Waals surface area contributed by atoms with Crippen LogP contribution in [-0.4, -0.2) is 96.7 Å². The van der Waals surface area contributed by atoms with E-state index in [1.165, 1.54) is 135 Å². The zero-order chi connectivity index (χ0) is 62.2. The largest absolute Gasteiger partial charge is 0.472 e. The van der Waals surface area contributed by atoms with Gasteiger partial charge in [-0.05, 0) is 37.5 Å². The molecule has 0 bridgehead atoms. The molecule has 498 valence electrons. The first-order chi connectivity index (χ1) is 40.4. The molecule has 0 aliphatic carbocycles. The average Bonchev–Trinajstić information content (AvgIpc) is 3.59. The van der Waals surface area contributed by atoms with E-state index in [2.05, 4.69) is 41.5 Å². The Labute approximate surface area is 511 Å². The Kier molecular flexibility index (Phi) is 56.2. The van der Waals surface area contributed by atoms with E-state index in [1.807, 2.05) is 0 Å². The van der Waals surface area contributed by atoms with E-state index in [-0.39, 0.29) is 25.7 Å². The van der Waals surface area contributed by atoms with Gasteiger partial charge >= 0.3 is 39.5 Å².